The molecule has 7 nitrogen and oxygen atoms in total. The van der Waals surface area contributed by atoms with Crippen molar-refractivity contribution in [2.45, 2.75) is 75.2 Å². The van der Waals surface area contributed by atoms with Gasteiger partial charge in [-0.1, -0.05) is 19.8 Å². The Morgan fingerprint density at radius 1 is 1.38 bits per heavy atom. The van der Waals surface area contributed by atoms with Crippen LogP contribution in [0.3, 0.4) is 0 Å². The molecule has 136 valence electrons. The van der Waals surface area contributed by atoms with Gasteiger partial charge in [-0.3, -0.25) is 4.79 Å². The van der Waals surface area contributed by atoms with Crippen LogP contribution in [-0.2, 0) is 9.59 Å². The van der Waals surface area contributed by atoms with Gasteiger partial charge < -0.3 is 21.1 Å². The normalized spacial score (nSPS) is 27.8. The summed E-state index contributed by atoms with van der Waals surface area (Å²) in [6.45, 7) is 3.46. The molecule has 4 N–H and O–H groups in total. The summed E-state index contributed by atoms with van der Waals surface area (Å²) in [5, 5.41) is 18.2. The fourth-order valence-electron chi connectivity index (χ4n) is 3.37. The van der Waals surface area contributed by atoms with E-state index in [1.165, 1.54) is 0 Å². The molecule has 0 radical (unpaired) electrons. The number of carbonyl (C=O) groups excluding carboxylic acids is 2. The minimum absolute atomic E-state index is 0.0847. The van der Waals surface area contributed by atoms with Crippen molar-refractivity contribution in [1.29, 1.82) is 0 Å². The number of carboxylic acid groups (broad SMARTS) is 1. The molecule has 0 spiro atoms. The van der Waals surface area contributed by atoms with Crippen LogP contribution in [0.2, 0.25) is 0 Å². The molecule has 0 aromatic heterocycles. The lowest BCUT2D eigenvalue weighted by molar-refractivity contribution is -0.147. The van der Waals surface area contributed by atoms with E-state index in [0.29, 0.717) is 24.5 Å². The van der Waals surface area contributed by atoms with Crippen LogP contribution < -0.4 is 16.0 Å². The molecule has 2 aliphatic rings. The van der Waals surface area contributed by atoms with E-state index in [2.05, 4.69) is 16.0 Å². The molecule has 8 heteroatoms. The molecule has 24 heavy (non-hydrogen) atoms. The number of fused-ring (bicyclic) bond motifs is 1. The van der Waals surface area contributed by atoms with E-state index >= 15 is 0 Å². The number of unbranched alkanes of at least 4 members (excludes halogenated alkanes) is 1. The van der Waals surface area contributed by atoms with Gasteiger partial charge in [-0.15, -0.1) is 0 Å². The highest BCUT2D eigenvalue weighted by molar-refractivity contribution is 8.00. The van der Waals surface area contributed by atoms with Crippen LogP contribution in [0, 0.1) is 0 Å². The number of aliphatic carboxylic acids is 1. The van der Waals surface area contributed by atoms with Crippen LogP contribution in [0.1, 0.15) is 52.4 Å². The van der Waals surface area contributed by atoms with Crippen LogP contribution in [0.5, 0.6) is 0 Å². The van der Waals surface area contributed by atoms with E-state index in [1.54, 1.807) is 6.92 Å². The first-order valence-corrected chi connectivity index (χ1v) is 9.63. The van der Waals surface area contributed by atoms with Gasteiger partial charge in [0.2, 0.25) is 5.91 Å². The van der Waals surface area contributed by atoms with Gasteiger partial charge in [-0.05, 0) is 26.2 Å². The topological polar surface area (TPSA) is 108 Å². The summed E-state index contributed by atoms with van der Waals surface area (Å²) >= 11 is 1.86. The second kappa shape index (κ2) is 8.09. The lowest BCUT2D eigenvalue weighted by atomic mass is 9.96. The zero-order chi connectivity index (χ0) is 17.7. The standard InChI is InChI=1S/C16H27N3O4S/c1-3-8-16(2,14(21)22)19-12(20)7-5-4-6-11-13-10(9-24-11)17-15(23)18-13/h10-11,13H,3-9H2,1-2H3,(H,19,20)(H,21,22)(H2,17,18,23)/t10-,11-,13-,16?/m0/s1. The molecular formula is C16H27N3O4S. The predicted octanol–water partition coefficient (Wildman–Crippen LogP) is 1.47. The number of amides is 3. The van der Waals surface area contributed by atoms with Gasteiger partial charge in [0, 0.05) is 17.4 Å². The first-order valence-electron chi connectivity index (χ1n) is 8.59. The van der Waals surface area contributed by atoms with E-state index < -0.39 is 11.5 Å². The summed E-state index contributed by atoms with van der Waals surface area (Å²) < 4.78 is 0. The lowest BCUT2D eigenvalue weighted by Gasteiger charge is -2.25. The van der Waals surface area contributed by atoms with Crippen LogP contribution in [0.4, 0.5) is 4.79 Å². The number of carbonyl (C=O) groups is 3. The molecule has 4 atom stereocenters. The van der Waals surface area contributed by atoms with Gasteiger partial charge in [-0.2, -0.15) is 11.8 Å². The van der Waals surface area contributed by atoms with Crippen molar-refractivity contribution in [3.8, 4) is 0 Å². The summed E-state index contributed by atoms with van der Waals surface area (Å²) in [5.74, 6) is -0.264. The Hall–Kier alpha value is -1.44. The van der Waals surface area contributed by atoms with Gasteiger partial charge in [0.05, 0.1) is 12.1 Å². The zero-order valence-electron chi connectivity index (χ0n) is 14.3. The maximum atomic E-state index is 12.0. The fourth-order valence-corrected chi connectivity index (χ4v) is 4.91. The predicted molar refractivity (Wildman–Crippen MR) is 93.0 cm³/mol. The molecule has 0 aromatic carbocycles. The summed E-state index contributed by atoms with van der Waals surface area (Å²) in [6, 6.07) is 0.329. The maximum absolute atomic E-state index is 12.0. The van der Waals surface area contributed by atoms with Crippen molar-refractivity contribution >= 4 is 29.7 Å². The molecular weight excluding hydrogens is 330 g/mol. The van der Waals surface area contributed by atoms with Crippen LogP contribution in [0.15, 0.2) is 0 Å². The Labute approximate surface area is 146 Å². The number of thioether (sulfide) groups is 1. The monoisotopic (exact) mass is 357 g/mol. The van der Waals surface area contributed by atoms with Crippen molar-refractivity contribution in [2.24, 2.45) is 0 Å². The highest BCUT2D eigenvalue weighted by atomic mass is 32.2. The number of nitrogens with one attached hydrogen (secondary N) is 3. The van der Waals surface area contributed by atoms with Gasteiger partial charge >= 0.3 is 12.0 Å². The second-order valence-electron chi connectivity index (χ2n) is 6.80. The number of hydrogen-bond donors (Lipinski definition) is 4. The van der Waals surface area contributed by atoms with Crippen molar-refractivity contribution in [3.63, 3.8) is 0 Å². The molecule has 0 aromatic rings. The van der Waals surface area contributed by atoms with E-state index in [-0.39, 0.29) is 24.0 Å². The minimum Gasteiger partial charge on any atom is -0.480 e. The average Bonchev–Trinajstić information content (AvgIpc) is 3.03. The molecule has 2 saturated heterocycles. The summed E-state index contributed by atoms with van der Waals surface area (Å²) in [5.41, 5.74) is -1.18. The Balaban J connectivity index is 1.68. The maximum Gasteiger partial charge on any atom is 0.329 e. The molecule has 2 rings (SSSR count). The zero-order valence-corrected chi connectivity index (χ0v) is 15.1. The van der Waals surface area contributed by atoms with Crippen LogP contribution in [-0.4, -0.2) is 51.6 Å². The van der Waals surface area contributed by atoms with Crippen molar-refractivity contribution in [3.05, 3.63) is 0 Å². The second-order valence-corrected chi connectivity index (χ2v) is 8.08. The fraction of sp³-hybridized carbons (Fsp3) is 0.812. The Kier molecular flexibility index (Phi) is 6.37. The molecule has 2 aliphatic heterocycles. The van der Waals surface area contributed by atoms with Crippen molar-refractivity contribution in [2.75, 3.05) is 5.75 Å². The molecule has 2 fully saturated rings. The Morgan fingerprint density at radius 3 is 2.79 bits per heavy atom. The molecule has 0 bridgehead atoms. The van der Waals surface area contributed by atoms with Crippen molar-refractivity contribution in [1.82, 2.24) is 16.0 Å². The third-order valence-electron chi connectivity index (χ3n) is 4.72. The molecule has 1 unspecified atom stereocenters. The molecule has 3 amide bonds. The third kappa shape index (κ3) is 4.55. The lowest BCUT2D eigenvalue weighted by Crippen LogP contribution is -2.52. The number of rotatable bonds is 9. The SMILES string of the molecule is CCCC(C)(NC(=O)CCCC[C@@H]1SC[C@@H]2NC(=O)N[C@@H]21)C(=O)O. The van der Waals surface area contributed by atoms with E-state index in [0.717, 1.165) is 25.0 Å². The number of carboxylic acids is 1. The van der Waals surface area contributed by atoms with Crippen molar-refractivity contribution < 1.29 is 19.5 Å². The summed E-state index contributed by atoms with van der Waals surface area (Å²) in [7, 11) is 0. The van der Waals surface area contributed by atoms with Gasteiger partial charge in [0.25, 0.3) is 0 Å². The highest BCUT2D eigenvalue weighted by Crippen LogP contribution is 2.33. The Bertz CT molecular complexity index is 502. The molecule has 2 heterocycles. The van der Waals surface area contributed by atoms with Gasteiger partial charge in [0.15, 0.2) is 0 Å². The Morgan fingerprint density at radius 2 is 2.12 bits per heavy atom. The van der Waals surface area contributed by atoms with Gasteiger partial charge in [-0.25, -0.2) is 9.59 Å². The quantitative estimate of drug-likeness (QED) is 0.369. The first-order chi connectivity index (χ1) is 11.4. The highest BCUT2D eigenvalue weighted by Gasteiger charge is 2.42. The minimum atomic E-state index is -1.18. The molecule has 0 aliphatic carbocycles. The first kappa shape index (κ1) is 18.9. The van der Waals surface area contributed by atoms with Crippen LogP contribution in [0.25, 0.3) is 0 Å². The number of hydrogen-bond acceptors (Lipinski definition) is 4. The van der Waals surface area contributed by atoms with Gasteiger partial charge in [0.1, 0.15) is 5.54 Å². The van der Waals surface area contributed by atoms with Crippen LogP contribution >= 0.6 is 11.8 Å². The van der Waals surface area contributed by atoms with E-state index in [1.807, 2.05) is 18.7 Å². The van der Waals surface area contributed by atoms with E-state index in [4.69, 9.17) is 0 Å². The third-order valence-corrected chi connectivity index (χ3v) is 6.23. The summed E-state index contributed by atoms with van der Waals surface area (Å²) in [4.78, 5) is 34.7. The smallest absolute Gasteiger partial charge is 0.329 e. The molecule has 0 saturated carbocycles. The largest absolute Gasteiger partial charge is 0.480 e. The van der Waals surface area contributed by atoms with E-state index in [9.17, 15) is 19.5 Å². The number of urea groups is 1. The summed E-state index contributed by atoms with van der Waals surface area (Å²) in [6.07, 6.45) is 4.02. The average molecular weight is 357 g/mol.